The molecule has 5 nitrogen and oxygen atoms in total. The fourth-order valence-corrected chi connectivity index (χ4v) is 3.06. The second-order valence-corrected chi connectivity index (χ2v) is 6.03. The van der Waals surface area contributed by atoms with Crippen molar-refractivity contribution in [2.75, 3.05) is 39.8 Å². The third kappa shape index (κ3) is 2.85. The summed E-state index contributed by atoms with van der Waals surface area (Å²) in [6, 6.07) is 5.70. The van der Waals surface area contributed by atoms with Crippen molar-refractivity contribution in [2.24, 2.45) is 0 Å². The van der Waals surface area contributed by atoms with Gasteiger partial charge in [0.05, 0.1) is 5.57 Å². The Bertz CT molecular complexity index is 703. The predicted molar refractivity (Wildman–Crippen MR) is 89.3 cm³/mol. The smallest absolute Gasteiger partial charge is 0.278 e. The lowest BCUT2D eigenvalue weighted by Gasteiger charge is -2.34. The molecule has 1 aromatic rings. The summed E-state index contributed by atoms with van der Waals surface area (Å²) in [6.07, 6.45) is 1.53. The zero-order valence-electron chi connectivity index (χ0n) is 13.7. The van der Waals surface area contributed by atoms with Crippen LogP contribution in [0.1, 0.15) is 5.56 Å². The summed E-state index contributed by atoms with van der Waals surface area (Å²) in [6.45, 7) is 6.78. The molecule has 0 N–H and O–H groups in total. The van der Waals surface area contributed by atoms with Crippen LogP contribution in [0.4, 0.5) is 4.39 Å². The average Bonchev–Trinajstić information content (AvgIpc) is 2.82. The molecule has 0 bridgehead atoms. The number of amides is 2. The highest BCUT2D eigenvalue weighted by molar-refractivity contribution is 6.35. The van der Waals surface area contributed by atoms with E-state index in [-0.39, 0.29) is 24.2 Å². The summed E-state index contributed by atoms with van der Waals surface area (Å²) in [5, 5.41) is 0. The van der Waals surface area contributed by atoms with Crippen molar-refractivity contribution in [1.82, 2.24) is 14.7 Å². The summed E-state index contributed by atoms with van der Waals surface area (Å²) in [5.41, 5.74) is 1.34. The van der Waals surface area contributed by atoms with E-state index in [0.29, 0.717) is 29.9 Å². The van der Waals surface area contributed by atoms with Crippen molar-refractivity contribution in [3.05, 3.63) is 54.0 Å². The van der Waals surface area contributed by atoms with Gasteiger partial charge in [-0.25, -0.2) is 4.39 Å². The summed E-state index contributed by atoms with van der Waals surface area (Å²) in [7, 11) is 2.03. The first-order valence-corrected chi connectivity index (χ1v) is 7.93. The third-order valence-corrected chi connectivity index (χ3v) is 4.41. The lowest BCUT2D eigenvalue weighted by Crippen LogP contribution is -2.46. The molecule has 6 heteroatoms. The Kier molecular flexibility index (Phi) is 4.49. The second kappa shape index (κ2) is 6.57. The molecule has 2 heterocycles. The quantitative estimate of drug-likeness (QED) is 0.618. The number of halogens is 1. The van der Waals surface area contributed by atoms with Crippen molar-refractivity contribution in [1.29, 1.82) is 0 Å². The molecule has 0 unspecified atom stereocenters. The van der Waals surface area contributed by atoms with Crippen LogP contribution in [-0.4, -0.2) is 66.3 Å². The summed E-state index contributed by atoms with van der Waals surface area (Å²) in [5.74, 6) is -1.02. The molecule has 1 fully saturated rings. The summed E-state index contributed by atoms with van der Waals surface area (Å²) < 4.78 is 13.2. The largest absolute Gasteiger partial charge is 0.364 e. The highest BCUT2D eigenvalue weighted by Crippen LogP contribution is 2.32. The maximum Gasteiger partial charge on any atom is 0.278 e. The SMILES string of the molecule is C=CCN1C(=O)C(c2ccc(F)cc2)=C(N2CCN(C)CC2)C1=O. The average molecular weight is 329 g/mol. The van der Waals surface area contributed by atoms with Crippen LogP contribution in [0.15, 0.2) is 42.6 Å². The minimum absolute atomic E-state index is 0.166. The van der Waals surface area contributed by atoms with E-state index in [2.05, 4.69) is 11.5 Å². The molecule has 0 spiro atoms. The van der Waals surface area contributed by atoms with Gasteiger partial charge in [-0.1, -0.05) is 18.2 Å². The van der Waals surface area contributed by atoms with Gasteiger partial charge < -0.3 is 9.80 Å². The van der Waals surface area contributed by atoms with E-state index < -0.39 is 0 Å². The number of piperazine rings is 1. The zero-order valence-corrected chi connectivity index (χ0v) is 13.7. The van der Waals surface area contributed by atoms with Crippen molar-refractivity contribution < 1.29 is 14.0 Å². The highest BCUT2D eigenvalue weighted by atomic mass is 19.1. The van der Waals surface area contributed by atoms with Crippen molar-refractivity contribution in [3.63, 3.8) is 0 Å². The first-order chi connectivity index (χ1) is 11.5. The first kappa shape index (κ1) is 16.4. The van der Waals surface area contributed by atoms with Gasteiger partial charge in [0.2, 0.25) is 0 Å². The van der Waals surface area contributed by atoms with E-state index in [1.165, 1.54) is 23.1 Å². The Morgan fingerprint density at radius 1 is 1.08 bits per heavy atom. The fourth-order valence-electron chi connectivity index (χ4n) is 3.06. The maximum absolute atomic E-state index is 13.2. The summed E-state index contributed by atoms with van der Waals surface area (Å²) in [4.78, 5) is 30.9. The predicted octanol–water partition coefficient (Wildman–Crippen LogP) is 1.34. The van der Waals surface area contributed by atoms with Gasteiger partial charge in [0.25, 0.3) is 11.8 Å². The van der Waals surface area contributed by atoms with E-state index >= 15 is 0 Å². The number of hydrogen-bond donors (Lipinski definition) is 0. The highest BCUT2D eigenvalue weighted by Gasteiger charge is 2.41. The fraction of sp³-hybridized carbons (Fsp3) is 0.333. The summed E-state index contributed by atoms with van der Waals surface area (Å²) >= 11 is 0. The molecule has 0 aromatic heterocycles. The van der Waals surface area contributed by atoms with Gasteiger partial charge in [-0.3, -0.25) is 14.5 Å². The Hall–Kier alpha value is -2.47. The van der Waals surface area contributed by atoms with Gasteiger partial charge in [-0.05, 0) is 24.7 Å². The van der Waals surface area contributed by atoms with Crippen LogP contribution in [0.5, 0.6) is 0 Å². The molecule has 2 aliphatic heterocycles. The Balaban J connectivity index is 2.05. The molecule has 0 aliphatic carbocycles. The lowest BCUT2D eigenvalue weighted by atomic mass is 10.0. The number of carbonyl (C=O) groups is 2. The molecule has 1 aromatic carbocycles. The van der Waals surface area contributed by atoms with E-state index in [1.54, 1.807) is 12.1 Å². The number of benzene rings is 1. The van der Waals surface area contributed by atoms with Crippen molar-refractivity contribution in [2.45, 2.75) is 0 Å². The molecular formula is C18H20FN3O2. The molecule has 0 atom stereocenters. The monoisotopic (exact) mass is 329 g/mol. The number of imide groups is 1. The molecule has 1 saturated heterocycles. The van der Waals surface area contributed by atoms with Crippen LogP contribution in [0, 0.1) is 5.82 Å². The molecule has 126 valence electrons. The molecular weight excluding hydrogens is 309 g/mol. The minimum Gasteiger partial charge on any atom is -0.364 e. The Morgan fingerprint density at radius 2 is 1.71 bits per heavy atom. The number of likely N-dealkylation sites (N-methyl/N-ethyl adjacent to an activating group) is 1. The van der Waals surface area contributed by atoms with Crippen LogP contribution in [0.25, 0.3) is 5.57 Å². The van der Waals surface area contributed by atoms with Gasteiger partial charge in [-0.15, -0.1) is 6.58 Å². The van der Waals surface area contributed by atoms with E-state index in [1.807, 2.05) is 11.9 Å². The number of hydrogen-bond acceptors (Lipinski definition) is 4. The molecule has 3 rings (SSSR count). The van der Waals surface area contributed by atoms with Gasteiger partial charge in [-0.2, -0.15) is 0 Å². The van der Waals surface area contributed by atoms with Gasteiger partial charge in [0.15, 0.2) is 0 Å². The topological polar surface area (TPSA) is 43.9 Å². The maximum atomic E-state index is 13.2. The molecule has 24 heavy (non-hydrogen) atoms. The van der Waals surface area contributed by atoms with Crippen molar-refractivity contribution >= 4 is 17.4 Å². The van der Waals surface area contributed by atoms with Crippen molar-refractivity contribution in [3.8, 4) is 0 Å². The Morgan fingerprint density at radius 3 is 2.29 bits per heavy atom. The number of carbonyl (C=O) groups excluding carboxylic acids is 2. The first-order valence-electron chi connectivity index (χ1n) is 7.93. The normalized spacial score (nSPS) is 19.4. The van der Waals surface area contributed by atoms with Crippen LogP contribution in [0.3, 0.4) is 0 Å². The van der Waals surface area contributed by atoms with Gasteiger partial charge in [0.1, 0.15) is 11.5 Å². The zero-order chi connectivity index (χ0) is 17.3. The third-order valence-electron chi connectivity index (χ3n) is 4.41. The molecule has 0 radical (unpaired) electrons. The van der Waals surface area contributed by atoms with Crippen LogP contribution in [0.2, 0.25) is 0 Å². The standard InChI is InChI=1S/C18H20FN3O2/c1-3-8-22-17(23)15(13-4-6-14(19)7-5-13)16(18(22)24)21-11-9-20(2)10-12-21/h3-7H,1,8-12H2,2H3. The van der Waals surface area contributed by atoms with Crippen LogP contribution >= 0.6 is 0 Å². The molecule has 2 aliphatic rings. The van der Waals surface area contributed by atoms with Gasteiger partial charge in [0, 0.05) is 32.7 Å². The number of nitrogens with zero attached hydrogens (tertiary/aromatic N) is 3. The van der Waals surface area contributed by atoms with Crippen LogP contribution < -0.4 is 0 Å². The van der Waals surface area contributed by atoms with Gasteiger partial charge >= 0.3 is 0 Å². The van der Waals surface area contributed by atoms with E-state index in [9.17, 15) is 14.0 Å². The number of rotatable bonds is 4. The van der Waals surface area contributed by atoms with Crippen LogP contribution in [-0.2, 0) is 9.59 Å². The van der Waals surface area contributed by atoms with E-state index in [0.717, 1.165) is 13.1 Å². The Labute approximate surface area is 140 Å². The minimum atomic E-state index is -0.375. The molecule has 2 amide bonds. The van der Waals surface area contributed by atoms with E-state index in [4.69, 9.17) is 0 Å². The molecule has 0 saturated carbocycles. The lowest BCUT2D eigenvalue weighted by molar-refractivity contribution is -0.137. The second-order valence-electron chi connectivity index (χ2n) is 6.03.